The molecule has 0 bridgehead atoms. The van der Waals surface area contributed by atoms with Crippen LogP contribution in [0.4, 0.5) is 15.8 Å². The Morgan fingerprint density at radius 2 is 1.90 bits per heavy atom. The number of benzene rings is 2. The van der Waals surface area contributed by atoms with E-state index < -0.39 is 5.82 Å². The highest BCUT2D eigenvalue weighted by atomic mass is 19.1. The monoisotopic (exact) mass is 272 g/mol. The Hall–Kier alpha value is -2.36. The van der Waals surface area contributed by atoms with Crippen molar-refractivity contribution in [3.8, 4) is 0 Å². The number of carbonyl (C=O) groups is 1. The molecule has 1 N–H and O–H groups in total. The highest BCUT2D eigenvalue weighted by molar-refractivity contribution is 6.04. The maximum atomic E-state index is 13.6. The molecule has 0 aliphatic heterocycles. The molecule has 2 aromatic carbocycles. The molecule has 0 radical (unpaired) electrons. The van der Waals surface area contributed by atoms with Crippen LogP contribution in [0, 0.1) is 12.7 Å². The van der Waals surface area contributed by atoms with Gasteiger partial charge in [-0.1, -0.05) is 12.1 Å². The van der Waals surface area contributed by atoms with Crippen LogP contribution in [0.15, 0.2) is 42.5 Å². The highest BCUT2D eigenvalue weighted by Crippen LogP contribution is 2.18. The zero-order chi connectivity index (χ0) is 14.7. The van der Waals surface area contributed by atoms with E-state index in [1.807, 2.05) is 32.0 Å². The molecule has 1 amide bonds. The van der Waals surface area contributed by atoms with Gasteiger partial charge in [-0.05, 0) is 42.8 Å². The second kappa shape index (κ2) is 5.74. The van der Waals surface area contributed by atoms with Crippen LogP contribution >= 0.6 is 0 Å². The van der Waals surface area contributed by atoms with Gasteiger partial charge >= 0.3 is 0 Å². The molecule has 20 heavy (non-hydrogen) atoms. The van der Waals surface area contributed by atoms with Gasteiger partial charge in [-0.2, -0.15) is 0 Å². The van der Waals surface area contributed by atoms with Crippen molar-refractivity contribution < 1.29 is 9.18 Å². The summed E-state index contributed by atoms with van der Waals surface area (Å²) >= 11 is 0. The fourth-order valence-electron chi connectivity index (χ4n) is 1.85. The first-order chi connectivity index (χ1) is 9.47. The zero-order valence-corrected chi connectivity index (χ0v) is 11.8. The first kappa shape index (κ1) is 14.1. The Labute approximate surface area is 118 Å². The van der Waals surface area contributed by atoms with Gasteiger partial charge in [-0.3, -0.25) is 4.79 Å². The van der Waals surface area contributed by atoms with E-state index in [1.165, 1.54) is 6.07 Å². The molecule has 0 heterocycles. The molecular weight excluding hydrogens is 255 g/mol. The van der Waals surface area contributed by atoms with E-state index in [2.05, 4.69) is 5.32 Å². The maximum Gasteiger partial charge on any atom is 0.255 e. The summed E-state index contributed by atoms with van der Waals surface area (Å²) in [5.41, 5.74) is 2.51. The van der Waals surface area contributed by atoms with Crippen LogP contribution in [0.25, 0.3) is 0 Å². The minimum atomic E-state index is -0.437. The van der Waals surface area contributed by atoms with Crippen molar-refractivity contribution in [1.29, 1.82) is 0 Å². The van der Waals surface area contributed by atoms with Crippen molar-refractivity contribution in [3.05, 3.63) is 59.4 Å². The number of hydrogen-bond donors (Lipinski definition) is 1. The van der Waals surface area contributed by atoms with E-state index in [1.54, 1.807) is 30.3 Å². The van der Waals surface area contributed by atoms with Crippen molar-refractivity contribution >= 4 is 17.3 Å². The number of carbonyl (C=O) groups excluding carboxylic acids is 1. The summed E-state index contributed by atoms with van der Waals surface area (Å²) < 4.78 is 13.6. The van der Waals surface area contributed by atoms with Gasteiger partial charge in [0.25, 0.3) is 5.91 Å². The third-order valence-electron chi connectivity index (χ3n) is 2.99. The van der Waals surface area contributed by atoms with Gasteiger partial charge in [0.2, 0.25) is 0 Å². The minimum Gasteiger partial charge on any atom is -0.378 e. The van der Waals surface area contributed by atoms with Crippen LogP contribution < -0.4 is 10.2 Å². The Morgan fingerprint density at radius 1 is 1.15 bits per heavy atom. The third kappa shape index (κ3) is 3.15. The van der Waals surface area contributed by atoms with Crippen molar-refractivity contribution in [2.75, 3.05) is 24.3 Å². The Morgan fingerprint density at radius 3 is 2.60 bits per heavy atom. The van der Waals surface area contributed by atoms with Crippen molar-refractivity contribution in [3.63, 3.8) is 0 Å². The quantitative estimate of drug-likeness (QED) is 0.928. The van der Waals surface area contributed by atoms with Crippen molar-refractivity contribution in [2.45, 2.75) is 6.92 Å². The average molecular weight is 272 g/mol. The van der Waals surface area contributed by atoms with Crippen LogP contribution in [-0.2, 0) is 0 Å². The summed E-state index contributed by atoms with van der Waals surface area (Å²) in [5, 5.41) is 2.60. The number of rotatable bonds is 3. The lowest BCUT2D eigenvalue weighted by atomic mass is 10.1. The zero-order valence-electron chi connectivity index (χ0n) is 11.8. The van der Waals surface area contributed by atoms with E-state index in [9.17, 15) is 9.18 Å². The summed E-state index contributed by atoms with van der Waals surface area (Å²) in [6.07, 6.45) is 0. The Kier molecular flexibility index (Phi) is 4.03. The fourth-order valence-corrected chi connectivity index (χ4v) is 1.85. The van der Waals surface area contributed by atoms with Gasteiger partial charge in [0.15, 0.2) is 0 Å². The number of nitrogens with one attached hydrogen (secondary N) is 1. The summed E-state index contributed by atoms with van der Waals surface area (Å²) in [7, 11) is 3.80. The molecular formula is C16H17FN2O. The lowest BCUT2D eigenvalue weighted by Crippen LogP contribution is -2.15. The van der Waals surface area contributed by atoms with E-state index in [0.717, 1.165) is 11.3 Å². The number of nitrogens with zero attached hydrogens (tertiary/aromatic N) is 1. The Balaban J connectivity index is 2.24. The Bertz CT molecular complexity index is 638. The number of hydrogen-bond acceptors (Lipinski definition) is 2. The number of halogens is 1. The molecule has 0 aromatic heterocycles. The summed E-state index contributed by atoms with van der Waals surface area (Å²) in [5.74, 6) is -0.758. The molecule has 0 saturated heterocycles. The van der Waals surface area contributed by atoms with Crippen molar-refractivity contribution in [1.82, 2.24) is 0 Å². The molecule has 3 nitrogen and oxygen atoms in total. The fraction of sp³-hybridized carbons (Fsp3) is 0.188. The van der Waals surface area contributed by atoms with Crippen LogP contribution in [0.1, 0.15) is 15.9 Å². The lowest BCUT2D eigenvalue weighted by molar-refractivity contribution is 0.102. The molecule has 0 atom stereocenters. The summed E-state index contributed by atoms with van der Waals surface area (Å²) in [6.45, 7) is 1.85. The molecule has 0 spiro atoms. The average Bonchev–Trinajstić information content (AvgIpc) is 2.43. The molecule has 0 fully saturated rings. The van der Waals surface area contributed by atoms with Gasteiger partial charge in [0, 0.05) is 25.3 Å². The second-order valence-corrected chi connectivity index (χ2v) is 4.88. The van der Waals surface area contributed by atoms with Crippen molar-refractivity contribution in [2.24, 2.45) is 0 Å². The van der Waals surface area contributed by atoms with Crippen LogP contribution in [0.3, 0.4) is 0 Å². The van der Waals surface area contributed by atoms with Gasteiger partial charge in [0.1, 0.15) is 5.82 Å². The molecule has 2 rings (SSSR count). The van der Waals surface area contributed by atoms with Crippen LogP contribution in [0.2, 0.25) is 0 Å². The van der Waals surface area contributed by atoms with Crippen LogP contribution in [0.5, 0.6) is 0 Å². The largest absolute Gasteiger partial charge is 0.378 e. The van der Waals surface area contributed by atoms with Gasteiger partial charge in [-0.25, -0.2) is 4.39 Å². The molecule has 0 saturated carbocycles. The first-order valence-corrected chi connectivity index (χ1v) is 6.32. The van der Waals surface area contributed by atoms with Crippen LogP contribution in [-0.4, -0.2) is 20.0 Å². The lowest BCUT2D eigenvalue weighted by Gasteiger charge is -2.13. The van der Waals surface area contributed by atoms with E-state index in [0.29, 0.717) is 5.56 Å². The van der Waals surface area contributed by atoms with Gasteiger partial charge < -0.3 is 10.2 Å². The SMILES string of the molecule is Cc1ccc(F)c(NC(=O)c2cccc(N(C)C)c2)c1. The van der Waals surface area contributed by atoms with Gasteiger partial charge in [0.05, 0.1) is 5.69 Å². The standard InChI is InChI=1S/C16H17FN2O/c1-11-7-8-14(17)15(9-11)18-16(20)12-5-4-6-13(10-12)19(2)3/h4-10H,1-3H3,(H,18,20). The van der Waals surface area contributed by atoms with E-state index in [-0.39, 0.29) is 11.6 Å². The van der Waals surface area contributed by atoms with E-state index in [4.69, 9.17) is 0 Å². The molecule has 0 aliphatic rings. The summed E-state index contributed by atoms with van der Waals surface area (Å²) in [4.78, 5) is 14.1. The smallest absolute Gasteiger partial charge is 0.255 e. The molecule has 4 heteroatoms. The number of anilines is 2. The number of aryl methyl sites for hydroxylation is 1. The minimum absolute atomic E-state index is 0.199. The van der Waals surface area contributed by atoms with E-state index >= 15 is 0 Å². The molecule has 2 aromatic rings. The second-order valence-electron chi connectivity index (χ2n) is 4.88. The van der Waals surface area contributed by atoms with Gasteiger partial charge in [-0.15, -0.1) is 0 Å². The highest BCUT2D eigenvalue weighted by Gasteiger charge is 2.10. The topological polar surface area (TPSA) is 32.3 Å². The molecule has 0 aliphatic carbocycles. The normalized spacial score (nSPS) is 10.2. The summed E-state index contributed by atoms with van der Waals surface area (Å²) in [6, 6.07) is 11.8. The molecule has 104 valence electrons. The number of amides is 1. The predicted molar refractivity (Wildman–Crippen MR) is 79.9 cm³/mol. The predicted octanol–water partition coefficient (Wildman–Crippen LogP) is 3.45. The first-order valence-electron chi connectivity index (χ1n) is 6.32. The third-order valence-corrected chi connectivity index (χ3v) is 2.99. The maximum absolute atomic E-state index is 13.6. The molecule has 0 unspecified atom stereocenters.